The minimum absolute atomic E-state index is 0.485. The number of hydrogen-bond donors (Lipinski definition) is 2. The van der Waals surface area contributed by atoms with Crippen LogP contribution in [0, 0.1) is 0 Å². The number of amides is 1. The van der Waals surface area contributed by atoms with E-state index in [0.717, 1.165) is 0 Å². The maximum absolute atomic E-state index is 11.4. The number of aromatic nitrogens is 1. The molecule has 15 heavy (non-hydrogen) atoms. The summed E-state index contributed by atoms with van der Waals surface area (Å²) in [7, 11) is 0. The van der Waals surface area contributed by atoms with E-state index in [1.807, 2.05) is 20.8 Å². The van der Waals surface area contributed by atoms with Crippen molar-refractivity contribution in [2.75, 3.05) is 0 Å². The molecule has 1 rings (SSSR count). The molecule has 0 saturated heterocycles. The van der Waals surface area contributed by atoms with E-state index in [1.54, 1.807) is 16.4 Å². The lowest BCUT2D eigenvalue weighted by Crippen LogP contribution is -2.33. The van der Waals surface area contributed by atoms with Crippen LogP contribution in [0.3, 0.4) is 0 Å². The molecule has 0 spiro atoms. The van der Waals surface area contributed by atoms with Crippen molar-refractivity contribution in [2.24, 2.45) is 0 Å². The number of carbonyl (C=O) groups excluding carboxylic acids is 1. The van der Waals surface area contributed by atoms with Gasteiger partial charge in [-0.1, -0.05) is 0 Å². The third-order valence-electron chi connectivity index (χ3n) is 1.54. The molecule has 6 heteroatoms. The van der Waals surface area contributed by atoms with E-state index in [9.17, 15) is 4.79 Å². The summed E-state index contributed by atoms with van der Waals surface area (Å²) in [5.41, 5.74) is 3.20. The molecule has 0 aromatic carbocycles. The van der Waals surface area contributed by atoms with E-state index >= 15 is 0 Å². The number of hydrogen-bond acceptors (Lipinski definition) is 5. The molecule has 0 radical (unpaired) electrons. The number of rotatable bonds is 3. The minimum Gasteiger partial charge on any atom is -0.356 e. The Hall–Kier alpha value is -0.980. The van der Waals surface area contributed by atoms with E-state index in [-0.39, 0.29) is 0 Å². The summed E-state index contributed by atoms with van der Waals surface area (Å²) >= 11 is 1.37. The Labute approximate surface area is 92.1 Å². The quantitative estimate of drug-likeness (QED) is 0.610. The number of hydroxylamine groups is 1. The third-order valence-corrected chi connectivity index (χ3v) is 2.14. The number of nitrogens with one attached hydrogen (secondary N) is 1. The fraction of sp³-hybridized carbons (Fsp3) is 0.556. The summed E-state index contributed by atoms with van der Waals surface area (Å²) in [6, 6.07) is 0. The van der Waals surface area contributed by atoms with Crippen molar-refractivity contribution in [3.8, 4) is 0 Å². The standard InChI is InChI=1S/C9H14N2O3S/c1-9(2,3)14-7(8(12)11-13)6-4-15-5-10-6/h4-5,7,13H,1-3H3,(H,11,12). The number of thiazole rings is 1. The van der Waals surface area contributed by atoms with E-state index in [0.29, 0.717) is 5.69 Å². The molecule has 1 amide bonds. The average Bonchev–Trinajstić information content (AvgIpc) is 2.64. The highest BCUT2D eigenvalue weighted by atomic mass is 32.1. The molecule has 1 heterocycles. The second-order valence-corrected chi connectivity index (χ2v) is 4.72. The molecule has 84 valence electrons. The second kappa shape index (κ2) is 4.69. The fourth-order valence-corrected chi connectivity index (χ4v) is 1.58. The summed E-state index contributed by atoms with van der Waals surface area (Å²) in [4.78, 5) is 15.4. The van der Waals surface area contributed by atoms with Crippen LogP contribution in [-0.4, -0.2) is 21.7 Å². The zero-order valence-corrected chi connectivity index (χ0v) is 9.67. The van der Waals surface area contributed by atoms with Gasteiger partial charge < -0.3 is 4.74 Å². The van der Waals surface area contributed by atoms with E-state index in [1.165, 1.54) is 11.3 Å². The van der Waals surface area contributed by atoms with Crippen LogP contribution in [-0.2, 0) is 9.53 Å². The van der Waals surface area contributed by atoms with Crippen molar-refractivity contribution in [3.63, 3.8) is 0 Å². The SMILES string of the molecule is CC(C)(C)OC(C(=O)NO)c1cscn1. The Morgan fingerprint density at radius 2 is 2.33 bits per heavy atom. The van der Waals surface area contributed by atoms with Crippen molar-refractivity contribution in [3.05, 3.63) is 16.6 Å². The van der Waals surface area contributed by atoms with Gasteiger partial charge in [0.25, 0.3) is 5.91 Å². The molecule has 1 atom stereocenters. The summed E-state index contributed by atoms with van der Waals surface area (Å²) in [6.45, 7) is 5.49. The minimum atomic E-state index is -0.874. The van der Waals surface area contributed by atoms with Crippen LogP contribution in [0.5, 0.6) is 0 Å². The highest BCUT2D eigenvalue weighted by Gasteiger charge is 2.28. The molecule has 1 aromatic heterocycles. The predicted molar refractivity (Wildman–Crippen MR) is 55.6 cm³/mol. The van der Waals surface area contributed by atoms with Gasteiger partial charge in [-0.15, -0.1) is 11.3 Å². The number of ether oxygens (including phenoxy) is 1. The van der Waals surface area contributed by atoms with Gasteiger partial charge in [-0.2, -0.15) is 0 Å². The third kappa shape index (κ3) is 3.58. The molecule has 0 saturated carbocycles. The highest BCUT2D eigenvalue weighted by molar-refractivity contribution is 7.07. The Morgan fingerprint density at radius 3 is 2.73 bits per heavy atom. The van der Waals surface area contributed by atoms with Gasteiger partial charge in [0.15, 0.2) is 6.10 Å². The molecule has 0 bridgehead atoms. The normalized spacial score (nSPS) is 13.6. The number of carbonyl (C=O) groups is 1. The van der Waals surface area contributed by atoms with Crippen molar-refractivity contribution in [2.45, 2.75) is 32.5 Å². The van der Waals surface area contributed by atoms with Gasteiger partial charge >= 0.3 is 0 Å². The summed E-state index contributed by atoms with van der Waals surface area (Å²) in [5, 5.41) is 10.3. The molecular weight excluding hydrogens is 216 g/mol. The fourth-order valence-electron chi connectivity index (χ4n) is 1.01. The Morgan fingerprint density at radius 1 is 1.67 bits per heavy atom. The van der Waals surface area contributed by atoms with Crippen LogP contribution >= 0.6 is 11.3 Å². The first-order chi connectivity index (χ1) is 6.94. The Balaban J connectivity index is 2.84. The smallest absolute Gasteiger partial charge is 0.278 e. The van der Waals surface area contributed by atoms with Gasteiger partial charge in [-0.3, -0.25) is 10.0 Å². The summed E-state index contributed by atoms with van der Waals surface area (Å²) in [6.07, 6.45) is -0.874. The molecule has 0 aliphatic rings. The van der Waals surface area contributed by atoms with Gasteiger partial charge in [-0.05, 0) is 20.8 Å². The summed E-state index contributed by atoms with van der Waals surface area (Å²) < 4.78 is 5.51. The van der Waals surface area contributed by atoms with Crippen molar-refractivity contribution in [1.82, 2.24) is 10.5 Å². The summed E-state index contributed by atoms with van der Waals surface area (Å²) in [5.74, 6) is -0.615. The van der Waals surface area contributed by atoms with Crippen LogP contribution in [0.1, 0.15) is 32.6 Å². The van der Waals surface area contributed by atoms with Gasteiger partial charge in [0.2, 0.25) is 0 Å². The van der Waals surface area contributed by atoms with Crippen LogP contribution in [0.15, 0.2) is 10.9 Å². The molecule has 1 unspecified atom stereocenters. The first kappa shape index (κ1) is 12.1. The molecular formula is C9H14N2O3S. The van der Waals surface area contributed by atoms with Crippen LogP contribution in [0.4, 0.5) is 0 Å². The first-order valence-corrected chi connectivity index (χ1v) is 5.38. The van der Waals surface area contributed by atoms with Crippen LogP contribution < -0.4 is 5.48 Å². The van der Waals surface area contributed by atoms with Crippen molar-refractivity contribution >= 4 is 17.2 Å². The zero-order chi connectivity index (χ0) is 11.5. The lowest BCUT2D eigenvalue weighted by Gasteiger charge is -2.24. The van der Waals surface area contributed by atoms with Crippen LogP contribution in [0.25, 0.3) is 0 Å². The molecule has 0 aliphatic carbocycles. The number of nitrogens with zero attached hydrogens (tertiary/aromatic N) is 1. The Kier molecular flexibility index (Phi) is 3.78. The maximum atomic E-state index is 11.4. The molecule has 0 fully saturated rings. The average molecular weight is 230 g/mol. The molecule has 0 aliphatic heterocycles. The topological polar surface area (TPSA) is 71.5 Å². The zero-order valence-electron chi connectivity index (χ0n) is 8.85. The lowest BCUT2D eigenvalue weighted by atomic mass is 10.1. The van der Waals surface area contributed by atoms with Gasteiger partial charge in [0, 0.05) is 5.38 Å². The largest absolute Gasteiger partial charge is 0.356 e. The molecule has 5 nitrogen and oxygen atoms in total. The van der Waals surface area contributed by atoms with Crippen LogP contribution in [0.2, 0.25) is 0 Å². The monoisotopic (exact) mass is 230 g/mol. The molecule has 1 aromatic rings. The second-order valence-electron chi connectivity index (χ2n) is 4.00. The van der Waals surface area contributed by atoms with E-state index in [2.05, 4.69) is 4.98 Å². The predicted octanol–water partition coefficient (Wildman–Crippen LogP) is 1.50. The van der Waals surface area contributed by atoms with E-state index in [4.69, 9.17) is 9.94 Å². The highest BCUT2D eigenvalue weighted by Crippen LogP contribution is 2.23. The van der Waals surface area contributed by atoms with Crippen molar-refractivity contribution < 1.29 is 14.7 Å². The van der Waals surface area contributed by atoms with Gasteiger partial charge in [-0.25, -0.2) is 10.5 Å². The maximum Gasteiger partial charge on any atom is 0.278 e. The van der Waals surface area contributed by atoms with Gasteiger partial charge in [0.1, 0.15) is 0 Å². The lowest BCUT2D eigenvalue weighted by molar-refractivity contribution is -0.152. The first-order valence-electron chi connectivity index (χ1n) is 4.44. The van der Waals surface area contributed by atoms with E-state index < -0.39 is 17.6 Å². The Bertz CT molecular complexity index is 319. The van der Waals surface area contributed by atoms with Gasteiger partial charge in [0.05, 0.1) is 16.8 Å². The van der Waals surface area contributed by atoms with Crippen molar-refractivity contribution in [1.29, 1.82) is 0 Å². The molecule has 2 N–H and O–H groups in total.